The van der Waals surface area contributed by atoms with Crippen LogP contribution >= 0.6 is 11.6 Å². The van der Waals surface area contributed by atoms with Gasteiger partial charge in [0.05, 0.1) is 12.5 Å². The summed E-state index contributed by atoms with van der Waals surface area (Å²) >= 11 is 6.32. The number of aromatic nitrogens is 5. The first-order chi connectivity index (χ1) is 15.7. The Morgan fingerprint density at radius 2 is 1.81 bits per heavy atom. The molecule has 0 amide bonds. The van der Waals surface area contributed by atoms with E-state index in [1.54, 1.807) is 12.4 Å². The lowest BCUT2D eigenvalue weighted by Gasteiger charge is -2.08. The second kappa shape index (κ2) is 9.11. The lowest BCUT2D eigenvalue weighted by molar-refractivity contribution is 0.661. The second-order valence-corrected chi connectivity index (χ2v) is 7.85. The topological polar surface area (TPSA) is 72.1 Å². The van der Waals surface area contributed by atoms with Crippen LogP contribution < -0.4 is 10.6 Å². The molecule has 0 saturated heterocycles. The number of aryl methyl sites for hydroxylation is 1. The molecule has 0 aliphatic rings. The molecule has 3 aromatic heterocycles. The van der Waals surface area contributed by atoms with E-state index in [1.165, 1.54) is 0 Å². The van der Waals surface area contributed by atoms with Crippen molar-refractivity contribution in [2.45, 2.75) is 13.0 Å². The van der Waals surface area contributed by atoms with Gasteiger partial charge in [0.15, 0.2) is 5.82 Å². The Hall–Kier alpha value is -3.84. The molecule has 32 heavy (non-hydrogen) atoms. The predicted molar refractivity (Wildman–Crippen MR) is 128 cm³/mol. The van der Waals surface area contributed by atoms with Crippen LogP contribution in [0.1, 0.15) is 6.42 Å². The fourth-order valence-corrected chi connectivity index (χ4v) is 3.76. The Morgan fingerprint density at radius 1 is 0.969 bits per heavy atom. The second-order valence-electron chi connectivity index (χ2n) is 7.44. The maximum Gasteiger partial charge on any atom is 0.235 e. The summed E-state index contributed by atoms with van der Waals surface area (Å²) in [6.45, 7) is 1.85. The van der Waals surface area contributed by atoms with Crippen LogP contribution in [0, 0.1) is 0 Å². The molecule has 160 valence electrons. The van der Waals surface area contributed by atoms with Gasteiger partial charge in [-0.05, 0) is 36.8 Å². The van der Waals surface area contributed by atoms with E-state index in [1.807, 2.05) is 65.7 Å². The summed E-state index contributed by atoms with van der Waals surface area (Å²) in [7, 11) is 0. The first-order valence-corrected chi connectivity index (χ1v) is 10.8. The highest BCUT2D eigenvalue weighted by Crippen LogP contribution is 2.27. The van der Waals surface area contributed by atoms with Gasteiger partial charge < -0.3 is 15.2 Å². The summed E-state index contributed by atoms with van der Waals surface area (Å²) in [6, 6.07) is 15.9. The van der Waals surface area contributed by atoms with E-state index in [9.17, 15) is 0 Å². The smallest absolute Gasteiger partial charge is 0.235 e. The number of halogens is 1. The third kappa shape index (κ3) is 4.58. The van der Waals surface area contributed by atoms with Crippen molar-refractivity contribution in [1.29, 1.82) is 0 Å². The van der Waals surface area contributed by atoms with Gasteiger partial charge in [-0.1, -0.05) is 29.8 Å². The highest BCUT2D eigenvalue weighted by molar-refractivity contribution is 6.33. The molecule has 2 aromatic carbocycles. The van der Waals surface area contributed by atoms with Gasteiger partial charge in [0.2, 0.25) is 5.78 Å². The molecule has 2 N–H and O–H groups in total. The summed E-state index contributed by atoms with van der Waals surface area (Å²) in [6.07, 6.45) is 12.3. The van der Waals surface area contributed by atoms with Crippen molar-refractivity contribution in [2.24, 2.45) is 0 Å². The molecule has 0 aliphatic heterocycles. The van der Waals surface area contributed by atoms with Crippen molar-refractivity contribution < 1.29 is 0 Å². The third-order valence-corrected chi connectivity index (χ3v) is 5.46. The van der Waals surface area contributed by atoms with Crippen LogP contribution in [-0.2, 0) is 6.54 Å². The van der Waals surface area contributed by atoms with E-state index < -0.39 is 0 Å². The molecule has 0 unspecified atom stereocenters. The number of rotatable bonds is 8. The fourth-order valence-electron chi connectivity index (χ4n) is 3.51. The van der Waals surface area contributed by atoms with E-state index in [0.717, 1.165) is 47.8 Å². The summed E-state index contributed by atoms with van der Waals surface area (Å²) in [5.41, 5.74) is 3.93. The molecule has 0 fully saturated rings. The number of anilines is 3. The predicted octanol–water partition coefficient (Wildman–Crippen LogP) is 5.49. The zero-order valence-corrected chi connectivity index (χ0v) is 18.1. The van der Waals surface area contributed by atoms with Crippen molar-refractivity contribution in [2.75, 3.05) is 17.2 Å². The highest BCUT2D eigenvalue weighted by atomic mass is 35.5. The normalized spacial score (nSPS) is 11.0. The van der Waals surface area contributed by atoms with Crippen LogP contribution in [0.2, 0.25) is 5.02 Å². The summed E-state index contributed by atoms with van der Waals surface area (Å²) in [5, 5.41) is 7.48. The lowest BCUT2D eigenvalue weighted by Crippen LogP contribution is -2.05. The molecule has 0 radical (unpaired) electrons. The zero-order chi connectivity index (χ0) is 21.8. The minimum atomic E-state index is 0.625. The molecule has 0 aliphatic carbocycles. The monoisotopic (exact) mass is 443 g/mol. The maximum atomic E-state index is 6.32. The van der Waals surface area contributed by atoms with E-state index >= 15 is 0 Å². The number of imidazole rings is 2. The van der Waals surface area contributed by atoms with E-state index in [4.69, 9.17) is 11.6 Å². The van der Waals surface area contributed by atoms with E-state index in [2.05, 4.69) is 42.3 Å². The van der Waals surface area contributed by atoms with Gasteiger partial charge in [-0.25, -0.2) is 9.97 Å². The van der Waals surface area contributed by atoms with Crippen LogP contribution in [0.4, 0.5) is 17.2 Å². The Bertz CT molecular complexity index is 1310. The van der Waals surface area contributed by atoms with E-state index in [-0.39, 0.29) is 0 Å². The third-order valence-electron chi connectivity index (χ3n) is 5.13. The van der Waals surface area contributed by atoms with Crippen molar-refractivity contribution in [1.82, 2.24) is 23.9 Å². The van der Waals surface area contributed by atoms with Crippen LogP contribution in [0.3, 0.4) is 0 Å². The molecule has 5 aromatic rings. The van der Waals surface area contributed by atoms with Gasteiger partial charge >= 0.3 is 0 Å². The van der Waals surface area contributed by atoms with Gasteiger partial charge in [-0.15, -0.1) is 0 Å². The first kappa shape index (κ1) is 20.1. The average molecular weight is 444 g/mol. The van der Waals surface area contributed by atoms with Crippen molar-refractivity contribution in [3.63, 3.8) is 0 Å². The average Bonchev–Trinajstić information content (AvgIpc) is 3.47. The molecule has 8 heteroatoms. The Kier molecular flexibility index (Phi) is 5.72. The Balaban J connectivity index is 1.22. The van der Waals surface area contributed by atoms with Gasteiger partial charge in [0.25, 0.3) is 0 Å². The number of hydrogen-bond donors (Lipinski definition) is 2. The molecule has 0 spiro atoms. The Labute approximate surface area is 190 Å². The van der Waals surface area contributed by atoms with Gasteiger partial charge in [-0.3, -0.25) is 4.40 Å². The molecule has 7 nitrogen and oxygen atoms in total. The van der Waals surface area contributed by atoms with Crippen molar-refractivity contribution >= 4 is 34.6 Å². The number of nitrogens with zero attached hydrogens (tertiary/aromatic N) is 5. The van der Waals surface area contributed by atoms with Gasteiger partial charge in [0.1, 0.15) is 0 Å². The fraction of sp³-hybridized carbons (Fsp3) is 0.125. The number of nitrogens with one attached hydrogen (secondary N) is 2. The first-order valence-electron chi connectivity index (χ1n) is 10.4. The molecular formula is C24H22ClN7. The lowest BCUT2D eigenvalue weighted by atomic mass is 10.1. The standard InChI is InChI=1S/C24H22ClN7/c25-22-5-2-1-4-21(22)18-14-28-24-30-23(16-32(24)15-18)29-20-8-6-19(7-9-20)27-10-3-12-31-13-11-26-17-31/h1-2,4-9,11,13-17,27,29H,3,10,12H2. The quantitative estimate of drug-likeness (QED) is 0.310. The van der Waals surface area contributed by atoms with Crippen LogP contribution in [0.15, 0.2) is 85.8 Å². The number of hydrogen-bond acceptors (Lipinski definition) is 5. The molecule has 5 rings (SSSR count). The highest BCUT2D eigenvalue weighted by Gasteiger charge is 2.08. The summed E-state index contributed by atoms with van der Waals surface area (Å²) in [4.78, 5) is 13.1. The molecule has 3 heterocycles. The minimum absolute atomic E-state index is 0.625. The van der Waals surface area contributed by atoms with Crippen LogP contribution in [0.5, 0.6) is 0 Å². The molecule has 0 bridgehead atoms. The largest absolute Gasteiger partial charge is 0.385 e. The van der Waals surface area contributed by atoms with Crippen LogP contribution in [-0.4, -0.2) is 30.5 Å². The van der Waals surface area contributed by atoms with Crippen molar-refractivity contribution in [3.05, 3.63) is 90.9 Å². The minimum Gasteiger partial charge on any atom is -0.385 e. The SMILES string of the molecule is Clc1ccccc1-c1cnc2nc(Nc3ccc(NCCCn4ccnc4)cc3)cn2c1. The Morgan fingerprint density at radius 3 is 2.62 bits per heavy atom. The van der Waals surface area contributed by atoms with E-state index in [0.29, 0.717) is 10.8 Å². The summed E-state index contributed by atoms with van der Waals surface area (Å²) in [5.74, 6) is 1.36. The zero-order valence-electron chi connectivity index (χ0n) is 17.3. The molecule has 0 saturated carbocycles. The van der Waals surface area contributed by atoms with Gasteiger partial charge in [0, 0.05) is 65.4 Å². The number of benzene rings is 2. The summed E-state index contributed by atoms with van der Waals surface area (Å²) < 4.78 is 3.98. The van der Waals surface area contributed by atoms with Gasteiger partial charge in [-0.2, -0.15) is 4.98 Å². The van der Waals surface area contributed by atoms with Crippen LogP contribution in [0.25, 0.3) is 16.9 Å². The number of fused-ring (bicyclic) bond motifs is 1. The van der Waals surface area contributed by atoms with Crippen molar-refractivity contribution in [3.8, 4) is 11.1 Å². The molecular weight excluding hydrogens is 422 g/mol. The molecule has 0 atom stereocenters. The maximum absolute atomic E-state index is 6.32.